The van der Waals surface area contributed by atoms with Gasteiger partial charge in [-0.15, -0.1) is 0 Å². The molecule has 1 aromatic rings. The molecule has 1 saturated heterocycles. The minimum absolute atomic E-state index is 0.164. The first-order chi connectivity index (χ1) is 12.9. The van der Waals surface area contributed by atoms with Crippen LogP contribution in [-0.4, -0.2) is 53.1 Å². The van der Waals surface area contributed by atoms with E-state index in [9.17, 15) is 4.79 Å². The third-order valence-electron chi connectivity index (χ3n) is 4.40. The van der Waals surface area contributed by atoms with Gasteiger partial charge in [-0.3, -0.25) is 4.79 Å². The van der Waals surface area contributed by atoms with Gasteiger partial charge >= 0.3 is 0 Å². The van der Waals surface area contributed by atoms with Gasteiger partial charge in [0.2, 0.25) is 11.8 Å². The van der Waals surface area contributed by atoms with Crippen LogP contribution >= 0.6 is 0 Å². The number of likely N-dealkylation sites (tertiary alicyclic amines) is 1. The molecule has 1 aliphatic heterocycles. The smallest absolute Gasteiger partial charge is 0.232 e. The minimum atomic E-state index is -0.164. The molecule has 0 unspecified atom stereocenters. The monoisotopic (exact) mass is 378 g/mol. The van der Waals surface area contributed by atoms with Gasteiger partial charge in [-0.2, -0.15) is 4.98 Å². The summed E-state index contributed by atoms with van der Waals surface area (Å²) in [6.45, 7) is 11.7. The lowest BCUT2D eigenvalue weighted by molar-refractivity contribution is -0.130. The maximum absolute atomic E-state index is 12.0. The molecule has 0 saturated carbocycles. The van der Waals surface area contributed by atoms with Crippen molar-refractivity contribution in [1.29, 1.82) is 0 Å². The molecule has 0 bridgehead atoms. The Morgan fingerprint density at radius 1 is 1.26 bits per heavy atom. The fourth-order valence-electron chi connectivity index (χ4n) is 2.87. The van der Waals surface area contributed by atoms with Crippen LogP contribution in [-0.2, 0) is 16.8 Å². The highest BCUT2D eigenvalue weighted by molar-refractivity contribution is 5.79. The average Bonchev–Trinajstić information content (AvgIpc) is 3.01. The van der Waals surface area contributed by atoms with Crippen molar-refractivity contribution in [3.05, 3.63) is 11.7 Å². The maximum atomic E-state index is 12.0. The van der Waals surface area contributed by atoms with E-state index in [1.54, 1.807) is 0 Å². The summed E-state index contributed by atoms with van der Waals surface area (Å²) in [7, 11) is 0. The highest BCUT2D eigenvalue weighted by atomic mass is 16.5. The fraction of sp³-hybridized carbons (Fsp3) is 0.789. The van der Waals surface area contributed by atoms with Crippen molar-refractivity contribution >= 4 is 11.9 Å². The Balaban J connectivity index is 1.79. The molecule has 1 aromatic heterocycles. The van der Waals surface area contributed by atoms with Crippen LogP contribution in [0.4, 0.5) is 0 Å². The molecule has 0 atom stereocenters. The summed E-state index contributed by atoms with van der Waals surface area (Å²) in [6, 6.07) is 0. The second kappa shape index (κ2) is 10.3. The first-order valence-corrected chi connectivity index (χ1v) is 10.0. The van der Waals surface area contributed by atoms with Crippen LogP contribution in [0.1, 0.15) is 71.5 Å². The van der Waals surface area contributed by atoms with E-state index < -0.39 is 0 Å². The summed E-state index contributed by atoms with van der Waals surface area (Å²) < 4.78 is 5.30. The number of amides is 1. The van der Waals surface area contributed by atoms with E-state index in [-0.39, 0.29) is 5.41 Å². The molecule has 0 spiro atoms. The van der Waals surface area contributed by atoms with Crippen LogP contribution in [0.25, 0.3) is 0 Å². The minimum Gasteiger partial charge on any atom is -0.357 e. The largest absolute Gasteiger partial charge is 0.357 e. The lowest BCUT2D eigenvalue weighted by atomic mass is 9.97. The molecule has 0 aliphatic carbocycles. The van der Waals surface area contributed by atoms with E-state index in [1.807, 2.05) is 32.6 Å². The van der Waals surface area contributed by atoms with Gasteiger partial charge in [-0.05, 0) is 26.2 Å². The van der Waals surface area contributed by atoms with Crippen molar-refractivity contribution in [1.82, 2.24) is 25.7 Å². The van der Waals surface area contributed by atoms with E-state index >= 15 is 0 Å². The topological polar surface area (TPSA) is 95.7 Å². The second-order valence-corrected chi connectivity index (χ2v) is 7.93. The van der Waals surface area contributed by atoms with Crippen LogP contribution < -0.4 is 10.6 Å². The zero-order valence-corrected chi connectivity index (χ0v) is 17.2. The average molecular weight is 379 g/mol. The molecule has 2 heterocycles. The summed E-state index contributed by atoms with van der Waals surface area (Å²) in [6.07, 6.45) is 4.89. The predicted molar refractivity (Wildman–Crippen MR) is 105 cm³/mol. The van der Waals surface area contributed by atoms with Crippen molar-refractivity contribution in [3.8, 4) is 0 Å². The molecule has 2 N–H and O–H groups in total. The maximum Gasteiger partial charge on any atom is 0.232 e. The van der Waals surface area contributed by atoms with Gasteiger partial charge < -0.3 is 20.1 Å². The second-order valence-electron chi connectivity index (χ2n) is 7.93. The standard InChI is InChI=1S/C19H34N6O2/c1-5-20-18(22-14-15-23-17(27-24-15)19(2,3)4)21-11-9-13-25-12-8-6-7-10-16(25)26/h5-14H2,1-4H3,(H2,20,21,22). The zero-order chi connectivity index (χ0) is 19.7. The third-order valence-corrected chi connectivity index (χ3v) is 4.40. The molecule has 27 heavy (non-hydrogen) atoms. The molecule has 0 radical (unpaired) electrons. The van der Waals surface area contributed by atoms with Crippen LogP contribution in [0.3, 0.4) is 0 Å². The molecular formula is C19H34N6O2. The highest BCUT2D eigenvalue weighted by Crippen LogP contribution is 2.19. The van der Waals surface area contributed by atoms with Crippen molar-refractivity contribution in [2.45, 2.75) is 71.8 Å². The van der Waals surface area contributed by atoms with Gasteiger partial charge in [0, 0.05) is 38.0 Å². The van der Waals surface area contributed by atoms with Gasteiger partial charge in [0.05, 0.1) is 0 Å². The Kier molecular flexibility index (Phi) is 8.06. The quantitative estimate of drug-likeness (QED) is 0.429. The SMILES string of the molecule is CCNC(=NCc1noc(C(C)(C)C)n1)NCCCN1CCCCCC1=O. The van der Waals surface area contributed by atoms with Crippen LogP contribution in [0.2, 0.25) is 0 Å². The molecule has 0 aromatic carbocycles. The molecule has 8 heteroatoms. The van der Waals surface area contributed by atoms with Gasteiger partial charge in [0.15, 0.2) is 11.8 Å². The molecule has 152 valence electrons. The molecule has 1 fully saturated rings. The van der Waals surface area contributed by atoms with Gasteiger partial charge in [0.25, 0.3) is 0 Å². The number of carbonyl (C=O) groups is 1. The first-order valence-electron chi connectivity index (χ1n) is 10.0. The fourth-order valence-corrected chi connectivity index (χ4v) is 2.87. The van der Waals surface area contributed by atoms with Gasteiger partial charge in [0.1, 0.15) is 6.54 Å². The molecular weight excluding hydrogens is 344 g/mol. The van der Waals surface area contributed by atoms with Crippen molar-refractivity contribution in [2.24, 2.45) is 4.99 Å². The molecule has 1 aliphatic rings. The van der Waals surface area contributed by atoms with Crippen molar-refractivity contribution in [3.63, 3.8) is 0 Å². The summed E-state index contributed by atoms with van der Waals surface area (Å²) in [5, 5.41) is 10.5. The summed E-state index contributed by atoms with van der Waals surface area (Å²) in [5.41, 5.74) is -0.164. The number of guanidine groups is 1. The molecule has 2 rings (SSSR count). The van der Waals surface area contributed by atoms with Gasteiger partial charge in [-0.1, -0.05) is 32.3 Å². The number of nitrogens with zero attached hydrogens (tertiary/aromatic N) is 4. The Bertz CT molecular complexity index is 620. The van der Waals surface area contributed by atoms with Crippen molar-refractivity contribution in [2.75, 3.05) is 26.2 Å². The lowest BCUT2D eigenvalue weighted by Gasteiger charge is -2.20. The van der Waals surface area contributed by atoms with Crippen LogP contribution in [0, 0.1) is 0 Å². The van der Waals surface area contributed by atoms with E-state index in [2.05, 4.69) is 25.8 Å². The van der Waals surface area contributed by atoms with E-state index in [1.165, 1.54) is 0 Å². The Labute approximate surface area is 162 Å². The Morgan fingerprint density at radius 2 is 2.07 bits per heavy atom. The van der Waals surface area contributed by atoms with E-state index in [0.717, 1.165) is 57.8 Å². The molecule has 1 amide bonds. The predicted octanol–water partition coefficient (Wildman–Crippen LogP) is 2.21. The Morgan fingerprint density at radius 3 is 2.78 bits per heavy atom. The van der Waals surface area contributed by atoms with E-state index in [0.29, 0.717) is 30.6 Å². The number of rotatable bonds is 7. The molecule has 8 nitrogen and oxygen atoms in total. The third kappa shape index (κ3) is 7.19. The number of hydrogen-bond donors (Lipinski definition) is 2. The van der Waals surface area contributed by atoms with Crippen LogP contribution in [0.15, 0.2) is 9.52 Å². The van der Waals surface area contributed by atoms with Crippen molar-refractivity contribution < 1.29 is 9.32 Å². The number of nitrogens with one attached hydrogen (secondary N) is 2. The van der Waals surface area contributed by atoms with E-state index in [4.69, 9.17) is 4.52 Å². The van der Waals surface area contributed by atoms with Crippen LogP contribution in [0.5, 0.6) is 0 Å². The number of carbonyl (C=O) groups excluding carboxylic acids is 1. The number of hydrogen-bond acceptors (Lipinski definition) is 5. The summed E-state index contributed by atoms with van der Waals surface area (Å²) in [5.74, 6) is 2.21. The number of aromatic nitrogens is 2. The number of aliphatic imine (C=N–C) groups is 1. The normalized spacial score (nSPS) is 16.4. The zero-order valence-electron chi connectivity index (χ0n) is 17.2. The lowest BCUT2D eigenvalue weighted by Crippen LogP contribution is -2.39. The summed E-state index contributed by atoms with van der Waals surface area (Å²) in [4.78, 5) is 22.9. The first kappa shape index (κ1) is 21.2. The summed E-state index contributed by atoms with van der Waals surface area (Å²) >= 11 is 0. The highest BCUT2D eigenvalue weighted by Gasteiger charge is 2.21. The Hall–Kier alpha value is -2.12. The van der Waals surface area contributed by atoms with Gasteiger partial charge in [-0.25, -0.2) is 4.99 Å².